The van der Waals surface area contributed by atoms with Crippen LogP contribution in [0.5, 0.6) is 0 Å². The molecule has 0 saturated heterocycles. The highest BCUT2D eigenvalue weighted by Gasteiger charge is 2.27. The maximum Gasteiger partial charge on any atom is 0.328 e. The van der Waals surface area contributed by atoms with E-state index in [1.165, 1.54) is 6.08 Å². The number of esters is 1. The van der Waals surface area contributed by atoms with Gasteiger partial charge >= 0.3 is 11.9 Å². The number of carbonyl (C=O) groups is 2. The fourth-order valence-corrected chi connectivity index (χ4v) is 1.65. The van der Waals surface area contributed by atoms with Crippen molar-refractivity contribution in [2.75, 3.05) is 6.61 Å². The zero-order chi connectivity index (χ0) is 10.6. The van der Waals surface area contributed by atoms with Crippen molar-refractivity contribution in [1.29, 1.82) is 0 Å². The van der Waals surface area contributed by atoms with E-state index < -0.39 is 5.97 Å². The maximum absolute atomic E-state index is 11.3. The molecule has 1 aliphatic carbocycles. The third-order valence-corrected chi connectivity index (χ3v) is 2.27. The molecule has 1 N–H and O–H groups in total. The van der Waals surface area contributed by atoms with Gasteiger partial charge in [0.15, 0.2) is 0 Å². The predicted molar refractivity (Wildman–Crippen MR) is 49.7 cm³/mol. The van der Waals surface area contributed by atoms with Crippen LogP contribution >= 0.6 is 0 Å². The molecule has 14 heavy (non-hydrogen) atoms. The lowest BCUT2D eigenvalue weighted by molar-refractivity contribution is -0.147. The van der Waals surface area contributed by atoms with E-state index in [2.05, 4.69) is 0 Å². The summed E-state index contributed by atoms with van der Waals surface area (Å²) in [7, 11) is 0. The van der Waals surface area contributed by atoms with Gasteiger partial charge in [-0.1, -0.05) is 5.57 Å². The first-order valence-electron chi connectivity index (χ1n) is 4.72. The SMILES string of the molecule is CCOC(=O)C1CC/C(=C/C(=O)O)C1. The number of aliphatic carboxylic acids is 1. The van der Waals surface area contributed by atoms with Gasteiger partial charge in [0.05, 0.1) is 12.5 Å². The van der Waals surface area contributed by atoms with E-state index in [1.807, 2.05) is 0 Å². The molecule has 0 aromatic carbocycles. The van der Waals surface area contributed by atoms with Crippen LogP contribution in [0, 0.1) is 5.92 Å². The lowest BCUT2D eigenvalue weighted by atomic mass is 10.1. The van der Waals surface area contributed by atoms with Gasteiger partial charge in [-0.3, -0.25) is 4.79 Å². The van der Waals surface area contributed by atoms with Gasteiger partial charge in [0.25, 0.3) is 0 Å². The molecule has 4 heteroatoms. The molecule has 0 spiro atoms. The van der Waals surface area contributed by atoms with Crippen LogP contribution in [0.3, 0.4) is 0 Å². The Morgan fingerprint density at radius 1 is 1.64 bits per heavy atom. The van der Waals surface area contributed by atoms with Gasteiger partial charge in [0.2, 0.25) is 0 Å². The summed E-state index contributed by atoms with van der Waals surface area (Å²) in [4.78, 5) is 21.6. The van der Waals surface area contributed by atoms with Crippen LogP contribution in [0.15, 0.2) is 11.6 Å². The number of allylic oxidation sites excluding steroid dienone is 1. The van der Waals surface area contributed by atoms with Crippen molar-refractivity contribution in [3.63, 3.8) is 0 Å². The van der Waals surface area contributed by atoms with Crippen molar-refractivity contribution in [2.24, 2.45) is 5.92 Å². The Balaban J connectivity index is 2.49. The summed E-state index contributed by atoms with van der Waals surface area (Å²) in [5.41, 5.74) is 0.829. The molecule has 1 saturated carbocycles. The Bertz CT molecular complexity index is 267. The molecule has 0 amide bonds. The average Bonchev–Trinajstić information content (AvgIpc) is 2.52. The Morgan fingerprint density at radius 3 is 2.93 bits per heavy atom. The van der Waals surface area contributed by atoms with Crippen LogP contribution in [-0.2, 0) is 14.3 Å². The molecule has 1 aliphatic rings. The first kappa shape index (κ1) is 10.8. The van der Waals surface area contributed by atoms with Crippen molar-refractivity contribution in [1.82, 2.24) is 0 Å². The van der Waals surface area contributed by atoms with E-state index in [4.69, 9.17) is 9.84 Å². The summed E-state index contributed by atoms with van der Waals surface area (Å²) in [5.74, 6) is -1.29. The molecule has 0 radical (unpaired) electrons. The Labute approximate surface area is 82.6 Å². The number of carbonyl (C=O) groups excluding carboxylic acids is 1. The predicted octanol–water partition coefficient (Wildman–Crippen LogP) is 1.36. The number of rotatable bonds is 3. The Hall–Kier alpha value is -1.32. The van der Waals surface area contributed by atoms with Gasteiger partial charge in [0, 0.05) is 6.08 Å². The maximum atomic E-state index is 11.3. The average molecular weight is 198 g/mol. The number of carboxylic acids is 1. The minimum atomic E-state index is -0.940. The quantitative estimate of drug-likeness (QED) is 0.549. The molecule has 4 nitrogen and oxygen atoms in total. The molecule has 1 unspecified atom stereocenters. The Kier molecular flexibility index (Phi) is 3.68. The summed E-state index contributed by atoms with van der Waals surface area (Å²) in [6, 6.07) is 0. The van der Waals surface area contributed by atoms with Crippen molar-refractivity contribution in [3.05, 3.63) is 11.6 Å². The highest BCUT2D eigenvalue weighted by atomic mass is 16.5. The minimum Gasteiger partial charge on any atom is -0.478 e. The summed E-state index contributed by atoms with van der Waals surface area (Å²) in [6.07, 6.45) is 3.12. The standard InChI is InChI=1S/C10H14O4/c1-2-14-10(13)8-4-3-7(5-8)6-9(11)12/h6,8H,2-5H2,1H3,(H,11,12)/b7-6-. The molecular formula is C10H14O4. The van der Waals surface area contributed by atoms with Gasteiger partial charge in [-0.25, -0.2) is 4.79 Å². The number of ether oxygens (including phenoxy) is 1. The van der Waals surface area contributed by atoms with Crippen molar-refractivity contribution < 1.29 is 19.4 Å². The molecule has 1 rings (SSSR count). The smallest absolute Gasteiger partial charge is 0.328 e. The van der Waals surface area contributed by atoms with Crippen LogP contribution in [-0.4, -0.2) is 23.7 Å². The molecule has 0 heterocycles. The molecule has 0 bridgehead atoms. The molecule has 0 aliphatic heterocycles. The summed E-state index contributed by atoms with van der Waals surface area (Å²) < 4.78 is 4.87. The van der Waals surface area contributed by atoms with Gasteiger partial charge in [-0.2, -0.15) is 0 Å². The van der Waals surface area contributed by atoms with Crippen molar-refractivity contribution >= 4 is 11.9 Å². The second kappa shape index (κ2) is 4.79. The monoisotopic (exact) mass is 198 g/mol. The molecule has 1 atom stereocenters. The van der Waals surface area contributed by atoms with Gasteiger partial charge in [-0.15, -0.1) is 0 Å². The second-order valence-corrected chi connectivity index (χ2v) is 3.33. The first-order chi connectivity index (χ1) is 6.63. The van der Waals surface area contributed by atoms with Gasteiger partial charge in [-0.05, 0) is 26.2 Å². The molecule has 0 aromatic rings. The van der Waals surface area contributed by atoms with Crippen LogP contribution < -0.4 is 0 Å². The van der Waals surface area contributed by atoms with E-state index in [1.54, 1.807) is 6.92 Å². The highest BCUT2D eigenvalue weighted by Crippen LogP contribution is 2.30. The number of hydrogen-bond donors (Lipinski definition) is 1. The fraction of sp³-hybridized carbons (Fsp3) is 0.600. The van der Waals surface area contributed by atoms with E-state index >= 15 is 0 Å². The first-order valence-corrected chi connectivity index (χ1v) is 4.72. The normalized spacial score (nSPS) is 23.8. The second-order valence-electron chi connectivity index (χ2n) is 3.33. The summed E-state index contributed by atoms with van der Waals surface area (Å²) in [6.45, 7) is 2.15. The summed E-state index contributed by atoms with van der Waals surface area (Å²) >= 11 is 0. The molecule has 78 valence electrons. The largest absolute Gasteiger partial charge is 0.478 e. The molecule has 0 aromatic heterocycles. The highest BCUT2D eigenvalue weighted by molar-refractivity contribution is 5.81. The van der Waals surface area contributed by atoms with E-state index in [0.717, 1.165) is 5.57 Å². The number of hydrogen-bond acceptors (Lipinski definition) is 3. The third kappa shape index (κ3) is 2.87. The van der Waals surface area contributed by atoms with Crippen molar-refractivity contribution in [2.45, 2.75) is 26.2 Å². The lowest BCUT2D eigenvalue weighted by Gasteiger charge is -2.06. The molecular weight excluding hydrogens is 184 g/mol. The fourth-order valence-electron chi connectivity index (χ4n) is 1.65. The van der Waals surface area contributed by atoms with Crippen LogP contribution in [0.4, 0.5) is 0 Å². The third-order valence-electron chi connectivity index (χ3n) is 2.27. The topological polar surface area (TPSA) is 63.6 Å². The van der Waals surface area contributed by atoms with Crippen LogP contribution in [0.25, 0.3) is 0 Å². The number of carboxylic acid groups (broad SMARTS) is 1. The van der Waals surface area contributed by atoms with Crippen LogP contribution in [0.2, 0.25) is 0 Å². The minimum absolute atomic E-state index is 0.138. The molecule has 1 fully saturated rings. The summed E-state index contributed by atoms with van der Waals surface area (Å²) in [5, 5.41) is 8.51. The van der Waals surface area contributed by atoms with Gasteiger partial charge in [0.1, 0.15) is 0 Å². The van der Waals surface area contributed by atoms with E-state index in [9.17, 15) is 9.59 Å². The lowest BCUT2D eigenvalue weighted by Crippen LogP contribution is -2.14. The van der Waals surface area contributed by atoms with E-state index in [-0.39, 0.29) is 11.9 Å². The van der Waals surface area contributed by atoms with Crippen LogP contribution in [0.1, 0.15) is 26.2 Å². The zero-order valence-corrected chi connectivity index (χ0v) is 8.16. The zero-order valence-electron chi connectivity index (χ0n) is 8.16. The van der Waals surface area contributed by atoms with E-state index in [0.29, 0.717) is 25.9 Å². The van der Waals surface area contributed by atoms with Crippen molar-refractivity contribution in [3.8, 4) is 0 Å². The Morgan fingerprint density at radius 2 is 2.36 bits per heavy atom. The van der Waals surface area contributed by atoms with Gasteiger partial charge < -0.3 is 9.84 Å².